The fraction of sp³-hybridized carbons (Fsp3) is 0.192. The number of hydrogen-bond acceptors (Lipinski definition) is 5. The molecule has 0 bridgehead atoms. The van der Waals surface area contributed by atoms with Gasteiger partial charge in [0.25, 0.3) is 5.91 Å². The van der Waals surface area contributed by atoms with E-state index >= 15 is 0 Å². The van der Waals surface area contributed by atoms with Crippen molar-refractivity contribution in [1.29, 1.82) is 0 Å². The Morgan fingerprint density at radius 1 is 1.03 bits per heavy atom. The van der Waals surface area contributed by atoms with Crippen molar-refractivity contribution in [3.63, 3.8) is 0 Å². The van der Waals surface area contributed by atoms with E-state index < -0.39 is 23.7 Å². The van der Waals surface area contributed by atoms with Gasteiger partial charge in [-0.25, -0.2) is 0 Å². The summed E-state index contributed by atoms with van der Waals surface area (Å²) in [4.78, 5) is 37.9. The van der Waals surface area contributed by atoms with E-state index in [1.54, 1.807) is 0 Å². The molecule has 0 radical (unpaired) electrons. The Morgan fingerprint density at radius 3 is 2.65 bits per heavy atom. The maximum atomic E-state index is 12.4. The van der Waals surface area contributed by atoms with Gasteiger partial charge in [0.2, 0.25) is 5.91 Å². The van der Waals surface area contributed by atoms with Gasteiger partial charge in [0.05, 0.1) is 17.4 Å². The van der Waals surface area contributed by atoms with Crippen molar-refractivity contribution in [2.45, 2.75) is 30.0 Å². The Labute approximate surface area is 200 Å². The van der Waals surface area contributed by atoms with Crippen LogP contribution in [-0.2, 0) is 25.7 Å². The summed E-state index contributed by atoms with van der Waals surface area (Å²) in [5.41, 5.74) is 3.61. The summed E-state index contributed by atoms with van der Waals surface area (Å²) in [5, 5.41) is 7.17. The summed E-state index contributed by atoms with van der Waals surface area (Å²) in [6.07, 6.45) is -0.111. The van der Waals surface area contributed by atoms with Crippen molar-refractivity contribution in [1.82, 2.24) is 4.57 Å². The van der Waals surface area contributed by atoms with Crippen molar-refractivity contribution < 1.29 is 19.1 Å². The molecule has 1 aliphatic rings. The van der Waals surface area contributed by atoms with E-state index in [1.807, 2.05) is 54.6 Å². The molecule has 1 aliphatic heterocycles. The molecule has 3 aromatic carbocycles. The highest BCUT2D eigenvalue weighted by molar-refractivity contribution is 8.01. The molecule has 4 aromatic rings. The van der Waals surface area contributed by atoms with E-state index in [4.69, 9.17) is 4.74 Å². The monoisotopic (exact) mass is 473 g/mol. The summed E-state index contributed by atoms with van der Waals surface area (Å²) >= 11 is 1.32. The van der Waals surface area contributed by atoms with Crippen LogP contribution in [0, 0.1) is 0 Å². The van der Waals surface area contributed by atoms with E-state index in [0.29, 0.717) is 5.69 Å². The second-order valence-electron chi connectivity index (χ2n) is 8.00. The minimum absolute atomic E-state index is 0.111. The molecule has 0 saturated carbocycles. The first kappa shape index (κ1) is 22.0. The first-order valence-electron chi connectivity index (χ1n) is 11.1. The van der Waals surface area contributed by atoms with Gasteiger partial charge in [0.1, 0.15) is 0 Å². The average Bonchev–Trinajstić information content (AvgIpc) is 3.16. The highest BCUT2D eigenvalue weighted by Gasteiger charge is 2.29. The number of thioether (sulfide) groups is 1. The van der Waals surface area contributed by atoms with Crippen molar-refractivity contribution in [2.24, 2.45) is 0 Å². The van der Waals surface area contributed by atoms with Gasteiger partial charge >= 0.3 is 5.97 Å². The largest absolute Gasteiger partial charge is 0.456 e. The molecular formula is C26H23N3O4S. The van der Waals surface area contributed by atoms with E-state index in [0.717, 1.165) is 38.9 Å². The topological polar surface area (TPSA) is 89.4 Å². The van der Waals surface area contributed by atoms with Crippen molar-refractivity contribution in [3.8, 4) is 0 Å². The first-order valence-corrected chi connectivity index (χ1v) is 11.9. The number of benzene rings is 3. The van der Waals surface area contributed by atoms with Gasteiger partial charge < -0.3 is 19.9 Å². The molecule has 2 N–H and O–H groups in total. The van der Waals surface area contributed by atoms with E-state index in [2.05, 4.69) is 34.3 Å². The van der Waals surface area contributed by atoms with Crippen LogP contribution in [0.4, 0.5) is 11.4 Å². The number of aryl methyl sites for hydroxylation is 1. The molecule has 0 aliphatic carbocycles. The Hall–Kier alpha value is -3.78. The minimum atomic E-state index is -0.594. The van der Waals surface area contributed by atoms with E-state index in [1.165, 1.54) is 11.8 Å². The Kier molecular flexibility index (Phi) is 5.98. The Bertz CT molecular complexity index is 1430. The van der Waals surface area contributed by atoms with Gasteiger partial charge in [-0.2, -0.15) is 0 Å². The van der Waals surface area contributed by atoms with Crippen LogP contribution in [0.3, 0.4) is 0 Å². The third-order valence-electron chi connectivity index (χ3n) is 5.80. The Balaban J connectivity index is 1.21. The molecule has 0 saturated heterocycles. The number of hydrogen-bond donors (Lipinski definition) is 2. The highest BCUT2D eigenvalue weighted by atomic mass is 32.2. The molecule has 7 nitrogen and oxygen atoms in total. The second-order valence-corrected chi connectivity index (χ2v) is 9.24. The lowest BCUT2D eigenvalue weighted by molar-refractivity contribution is -0.147. The number of fused-ring (bicyclic) bond motifs is 4. The number of para-hydroxylation sites is 2. The van der Waals surface area contributed by atoms with Gasteiger partial charge in [-0.3, -0.25) is 14.4 Å². The summed E-state index contributed by atoms with van der Waals surface area (Å²) in [6.45, 7) is 2.53. The summed E-state index contributed by atoms with van der Waals surface area (Å²) < 4.78 is 7.38. The number of nitrogens with zero attached hydrogens (tertiary/aromatic N) is 1. The lowest BCUT2D eigenvalue weighted by atomic mass is 10.1. The third-order valence-corrected chi connectivity index (χ3v) is 7.07. The maximum Gasteiger partial charge on any atom is 0.307 e. The minimum Gasteiger partial charge on any atom is -0.456 e. The van der Waals surface area contributed by atoms with Gasteiger partial charge in [0.15, 0.2) is 6.61 Å². The molecule has 1 aromatic heterocycles. The smallest absolute Gasteiger partial charge is 0.307 e. The molecule has 172 valence electrons. The second kappa shape index (κ2) is 9.23. The SMILES string of the molecule is CCn1c2ccccc2c2cc(NC(=O)COC(=O)C[C@H]3Sc4ccccc4NC3=O)ccc21. The summed E-state index contributed by atoms with van der Waals surface area (Å²) in [6, 6.07) is 21.3. The average molecular weight is 474 g/mol. The lowest BCUT2D eigenvalue weighted by Gasteiger charge is -2.23. The normalized spacial score (nSPS) is 15.1. The molecule has 8 heteroatoms. The molecule has 34 heavy (non-hydrogen) atoms. The summed E-state index contributed by atoms with van der Waals surface area (Å²) in [7, 11) is 0. The number of carbonyl (C=O) groups excluding carboxylic acids is 3. The summed E-state index contributed by atoms with van der Waals surface area (Å²) in [5.74, 6) is -1.27. The Morgan fingerprint density at radius 2 is 1.79 bits per heavy atom. The van der Waals surface area contributed by atoms with Gasteiger partial charge in [0, 0.05) is 38.9 Å². The van der Waals surface area contributed by atoms with Gasteiger partial charge in [-0.1, -0.05) is 30.3 Å². The van der Waals surface area contributed by atoms with Crippen molar-refractivity contribution in [2.75, 3.05) is 17.2 Å². The third kappa shape index (κ3) is 4.24. The van der Waals surface area contributed by atoms with Crippen LogP contribution in [0.2, 0.25) is 0 Å². The zero-order valence-electron chi connectivity index (χ0n) is 18.5. The van der Waals surface area contributed by atoms with Crippen LogP contribution in [0.5, 0.6) is 0 Å². The van der Waals surface area contributed by atoms with E-state index in [-0.39, 0.29) is 12.3 Å². The van der Waals surface area contributed by atoms with Crippen molar-refractivity contribution >= 4 is 62.7 Å². The zero-order valence-corrected chi connectivity index (χ0v) is 19.4. The number of aromatic nitrogens is 1. The van der Waals surface area contributed by atoms with Crippen LogP contribution in [-0.4, -0.2) is 34.2 Å². The molecule has 5 rings (SSSR count). The lowest BCUT2D eigenvalue weighted by Crippen LogP contribution is -2.32. The standard InChI is InChI=1S/C26H23N3O4S/c1-2-29-20-9-5-3-7-17(20)18-13-16(11-12-21(18)29)27-24(30)15-33-25(31)14-23-26(32)28-19-8-4-6-10-22(19)34-23/h3-13,23H,2,14-15H2,1H3,(H,27,30)(H,28,32)/t23-/m1/s1. The van der Waals surface area contributed by atoms with Crippen LogP contribution in [0.25, 0.3) is 21.8 Å². The number of anilines is 2. The number of carbonyl (C=O) groups is 3. The molecule has 2 amide bonds. The number of nitrogens with one attached hydrogen (secondary N) is 2. The highest BCUT2D eigenvalue weighted by Crippen LogP contribution is 2.36. The van der Waals surface area contributed by atoms with E-state index in [9.17, 15) is 14.4 Å². The first-order chi connectivity index (χ1) is 16.5. The van der Waals surface area contributed by atoms with Gasteiger partial charge in [-0.15, -0.1) is 11.8 Å². The number of esters is 1. The van der Waals surface area contributed by atoms with Crippen LogP contribution >= 0.6 is 11.8 Å². The van der Waals surface area contributed by atoms with Gasteiger partial charge in [-0.05, 0) is 43.3 Å². The number of amides is 2. The maximum absolute atomic E-state index is 12.4. The van der Waals surface area contributed by atoms with Crippen LogP contribution in [0.1, 0.15) is 13.3 Å². The molecule has 2 heterocycles. The molecule has 1 atom stereocenters. The molecule has 0 unspecified atom stereocenters. The molecule has 0 fully saturated rings. The fourth-order valence-electron chi connectivity index (χ4n) is 4.25. The fourth-order valence-corrected chi connectivity index (χ4v) is 5.35. The molecule has 0 spiro atoms. The number of rotatable bonds is 6. The van der Waals surface area contributed by atoms with Crippen LogP contribution in [0.15, 0.2) is 71.6 Å². The molecular weight excluding hydrogens is 450 g/mol. The van der Waals surface area contributed by atoms with Crippen LogP contribution < -0.4 is 10.6 Å². The predicted molar refractivity (Wildman–Crippen MR) is 134 cm³/mol. The predicted octanol–water partition coefficient (Wildman–Crippen LogP) is 4.80. The zero-order chi connectivity index (χ0) is 23.7. The number of ether oxygens (including phenoxy) is 1. The quantitative estimate of drug-likeness (QED) is 0.393. The van der Waals surface area contributed by atoms with Crippen molar-refractivity contribution in [3.05, 3.63) is 66.7 Å².